The molecule has 4 rings (SSSR count). The summed E-state index contributed by atoms with van der Waals surface area (Å²) in [6, 6.07) is 0. The summed E-state index contributed by atoms with van der Waals surface area (Å²) >= 11 is 0. The van der Waals surface area contributed by atoms with Crippen molar-refractivity contribution in [2.75, 3.05) is 185 Å². The van der Waals surface area contributed by atoms with Crippen molar-refractivity contribution >= 4 is 0 Å². The van der Waals surface area contributed by atoms with E-state index >= 15 is 0 Å². The summed E-state index contributed by atoms with van der Waals surface area (Å²) in [7, 11) is 0. The summed E-state index contributed by atoms with van der Waals surface area (Å²) in [5.41, 5.74) is -41.6. The second kappa shape index (κ2) is 64.1. The molecule has 0 bridgehead atoms. The van der Waals surface area contributed by atoms with Crippen molar-refractivity contribution in [3.8, 4) is 0 Å². The fourth-order valence-corrected chi connectivity index (χ4v) is 6.55. The van der Waals surface area contributed by atoms with Crippen molar-refractivity contribution < 1.29 is 476 Å². The van der Waals surface area contributed by atoms with Gasteiger partial charge in [0.15, 0.2) is 33.6 Å². The maximum Gasteiger partial charge on any atom is 2.00 e. The molecule has 0 N–H and O–H groups in total. The average molecular weight is 2290 g/mol. The van der Waals surface area contributed by atoms with Crippen molar-refractivity contribution in [2.24, 2.45) is 0 Å². The molecular weight excluding hydrogens is 2230 g/mol. The molecule has 0 unspecified atom stereocenters. The smallest absolute Gasteiger partial charge is 0.830 e. The minimum Gasteiger partial charge on any atom is -0.830 e. The first-order valence-corrected chi connectivity index (χ1v) is 33.0. The SMILES string of the molecule is C1CCOC1.C1CCOC1.C1COCCOCCOCCOCCOCCO1.C1COCCOCCOCCOCCOCCO1.[K+].[K+].[O-]C(C(F)(F)F)(C(F)(F)F)C(F)(F)F.[O-]C(C(F)(F)F)(C(F)(F)F)C(F)(F)F.[O-]C(C(F)(F)F)(C(F)(F)F)C(F)(F)F.[O-]C(C(F)(F)F)(C(F)(F)F)C(F)(F)F.[O-]C(C(F)(F)F)(C(F)(F)F)C(F)(F)F.[O-]C(C(F)(F)F)(C(F)(F)F)C(F)(F)F.[Zn+2].[Zn+2]. The molecule has 0 spiro atoms. The van der Waals surface area contributed by atoms with E-state index < -0.39 is 145 Å². The van der Waals surface area contributed by atoms with Gasteiger partial charge in [0.1, 0.15) is 0 Å². The molecule has 0 aromatic carbocycles. The van der Waals surface area contributed by atoms with Gasteiger partial charge in [0, 0.05) is 26.4 Å². The zero-order chi connectivity index (χ0) is 105. The third-order valence-electron chi connectivity index (χ3n) is 13.3. The van der Waals surface area contributed by atoms with E-state index in [1.165, 1.54) is 25.7 Å². The Bertz CT molecular complexity index is 2110. The van der Waals surface area contributed by atoms with Crippen LogP contribution in [0.3, 0.4) is 0 Å². The fraction of sp³-hybridized carbons (Fsp3) is 1.00. The number of alkyl halides is 54. The zero-order valence-corrected chi connectivity index (χ0v) is 78.8. The van der Waals surface area contributed by atoms with Gasteiger partial charge in [-0.25, -0.2) is 0 Å². The molecule has 20 nitrogen and oxygen atoms in total. The second-order valence-electron chi connectivity index (χ2n) is 23.0. The maximum atomic E-state index is 11.3. The van der Waals surface area contributed by atoms with Gasteiger partial charge in [-0.3, -0.25) is 0 Å². The Morgan fingerprint density at radius 1 is 0.104 bits per heavy atom. The molecule has 4 aliphatic heterocycles. The number of halogens is 54. The quantitative estimate of drug-likeness (QED) is 0.187. The average Bonchev–Trinajstić information content (AvgIpc) is 0.967. The molecule has 0 aromatic heterocycles. The number of ether oxygens (including phenoxy) is 14. The molecule has 134 heavy (non-hydrogen) atoms. The molecule has 0 radical (unpaired) electrons. The minimum absolute atomic E-state index is 0. The van der Waals surface area contributed by atoms with Crippen molar-refractivity contribution in [3.63, 3.8) is 0 Å². The Kier molecular flexibility index (Phi) is 73.8. The van der Waals surface area contributed by atoms with Gasteiger partial charge >= 0.3 is 253 Å². The van der Waals surface area contributed by atoms with Crippen LogP contribution in [0.25, 0.3) is 0 Å². The van der Waals surface area contributed by atoms with E-state index in [-0.39, 0.29) is 142 Å². The summed E-state index contributed by atoms with van der Waals surface area (Å²) in [4.78, 5) is 0. The molecule has 0 aliphatic carbocycles. The normalized spacial score (nSPS) is 18.2. The van der Waals surface area contributed by atoms with Crippen LogP contribution in [0.1, 0.15) is 25.7 Å². The van der Waals surface area contributed by atoms with Gasteiger partial charge in [-0.1, -0.05) is 0 Å². The van der Waals surface area contributed by atoms with E-state index in [1.54, 1.807) is 0 Å². The van der Waals surface area contributed by atoms with Crippen LogP contribution in [0.2, 0.25) is 0 Å². The Labute approximate surface area is 825 Å². The minimum atomic E-state index is -6.98. The van der Waals surface area contributed by atoms with Crippen LogP contribution in [-0.4, -0.2) is 330 Å². The van der Waals surface area contributed by atoms with Crippen molar-refractivity contribution in [1.29, 1.82) is 0 Å². The third kappa shape index (κ3) is 52.3. The molecule has 792 valence electrons. The summed E-state index contributed by atoms with van der Waals surface area (Å²) < 4.78 is 686. The van der Waals surface area contributed by atoms with Gasteiger partial charge < -0.3 is 97.0 Å². The second-order valence-corrected chi connectivity index (χ2v) is 23.0. The van der Waals surface area contributed by atoms with Gasteiger partial charge in [0.2, 0.25) is 0 Å². The molecule has 78 heteroatoms. The molecule has 0 amide bonds. The van der Waals surface area contributed by atoms with E-state index in [4.69, 9.17) is 66.3 Å². The summed E-state index contributed by atoms with van der Waals surface area (Å²) in [5, 5.41) is 58.7. The van der Waals surface area contributed by atoms with Crippen LogP contribution in [-0.2, 0) is 105 Å². The van der Waals surface area contributed by atoms with Gasteiger partial charge in [-0.15, -0.1) is 0 Å². The summed E-state index contributed by atoms with van der Waals surface area (Å²) in [6.45, 7) is 18.1. The first-order valence-electron chi connectivity index (χ1n) is 33.0. The molecule has 0 aromatic rings. The predicted octanol–water partition coefficient (Wildman–Crippen LogP) is 6.43. The predicted molar refractivity (Wildman–Crippen MR) is 295 cm³/mol. The molecule has 4 heterocycles. The number of hydrogen-bond donors (Lipinski definition) is 0. The van der Waals surface area contributed by atoms with E-state index in [0.29, 0.717) is 159 Å². The van der Waals surface area contributed by atoms with Crippen LogP contribution in [0.15, 0.2) is 0 Å². The first-order chi connectivity index (χ1) is 57.5. The van der Waals surface area contributed by atoms with Crippen LogP contribution >= 0.6 is 0 Å². The van der Waals surface area contributed by atoms with Crippen LogP contribution in [0.4, 0.5) is 237 Å². The third-order valence-corrected chi connectivity index (χ3v) is 13.3. The molecule has 0 atom stereocenters. The largest absolute Gasteiger partial charge is 2.00 e. The zero-order valence-electron chi connectivity index (χ0n) is 66.6. The van der Waals surface area contributed by atoms with Crippen LogP contribution in [0.5, 0.6) is 0 Å². The van der Waals surface area contributed by atoms with Crippen LogP contribution in [0, 0.1) is 0 Å². The fourth-order valence-electron chi connectivity index (χ4n) is 6.55. The molecule has 0 saturated carbocycles. The molecule has 4 fully saturated rings. The number of hydrogen-bond acceptors (Lipinski definition) is 20. The van der Waals surface area contributed by atoms with E-state index in [1.807, 2.05) is 0 Å². The van der Waals surface area contributed by atoms with Crippen LogP contribution < -0.4 is 133 Å². The first kappa shape index (κ1) is 154. The maximum absolute atomic E-state index is 11.3. The summed E-state index contributed by atoms with van der Waals surface area (Å²) in [5.74, 6) is 0. The van der Waals surface area contributed by atoms with Gasteiger partial charge in [-0.2, -0.15) is 237 Å². The number of rotatable bonds is 0. The molecular formula is C56H64F54K2O20Zn2. The van der Waals surface area contributed by atoms with Gasteiger partial charge in [-0.05, 0) is 25.7 Å². The Balaban J connectivity index is -0.000000161. The van der Waals surface area contributed by atoms with Crippen molar-refractivity contribution in [3.05, 3.63) is 0 Å². The van der Waals surface area contributed by atoms with E-state index in [2.05, 4.69) is 0 Å². The standard InChI is InChI=1S/2C12H24O6.6C4F9O.2C4H8O.2K.2Zn/c2*1-2-14-5-6-16-9-10-18-12-11-17-8-7-15-4-3-13-1;6*5-2(6,7)1(14,3(8,9)10)4(11,12)13;2*1-2-4-5-3-1;;;;/h2*1-12H2;;;;;;;2*1-4H2;;;;/q;;6*-1;;;2*+1;2*+2. The van der Waals surface area contributed by atoms with Gasteiger partial charge in [0.25, 0.3) is 0 Å². The van der Waals surface area contributed by atoms with Crippen molar-refractivity contribution in [1.82, 2.24) is 0 Å². The Hall–Kier alpha value is -0.0605. The molecule has 4 aliphatic rings. The Morgan fingerprint density at radius 3 is 0.172 bits per heavy atom. The van der Waals surface area contributed by atoms with Crippen molar-refractivity contribution in [2.45, 2.75) is 170 Å². The van der Waals surface area contributed by atoms with E-state index in [9.17, 15) is 268 Å². The monoisotopic (exact) mass is 2290 g/mol. The molecule has 4 saturated heterocycles. The topological polar surface area (TPSA) is 268 Å². The summed E-state index contributed by atoms with van der Waals surface area (Å²) in [6.07, 6.45) is -121. The Morgan fingerprint density at radius 2 is 0.149 bits per heavy atom. The van der Waals surface area contributed by atoms with E-state index in [0.717, 1.165) is 26.4 Å². The van der Waals surface area contributed by atoms with Gasteiger partial charge in [0.05, 0.1) is 159 Å².